The minimum absolute atomic E-state index is 0.140. The van der Waals surface area contributed by atoms with E-state index in [0.717, 1.165) is 16.8 Å². The molecule has 1 heterocycles. The fourth-order valence-corrected chi connectivity index (χ4v) is 3.94. The lowest BCUT2D eigenvalue weighted by Gasteiger charge is -2.16. The van der Waals surface area contributed by atoms with E-state index in [2.05, 4.69) is 34.1 Å². The fraction of sp³-hybridized carbons (Fsp3) is 0.190. The normalized spacial score (nSPS) is 12.5. The summed E-state index contributed by atoms with van der Waals surface area (Å²) in [5, 5.41) is 3.91. The average Bonchev–Trinajstić information content (AvgIpc) is 2.69. The number of anilines is 1. The van der Waals surface area contributed by atoms with Crippen LogP contribution in [0.1, 0.15) is 24.1 Å². The molecular formula is C21H22ClN3O2S. The molecular weight excluding hydrogens is 394 g/mol. The molecule has 1 aromatic heterocycles. The number of halogens is 1. The number of hydrogen-bond acceptors (Lipinski definition) is 4. The van der Waals surface area contributed by atoms with Gasteiger partial charge in [-0.3, -0.25) is 4.98 Å². The Morgan fingerprint density at radius 2 is 1.75 bits per heavy atom. The van der Waals surface area contributed by atoms with Crippen molar-refractivity contribution in [3.05, 3.63) is 89.2 Å². The van der Waals surface area contributed by atoms with E-state index in [9.17, 15) is 8.42 Å². The molecule has 5 nitrogen and oxygen atoms in total. The van der Waals surface area contributed by atoms with Gasteiger partial charge in [0.05, 0.1) is 10.6 Å². The Labute approximate surface area is 170 Å². The lowest BCUT2D eigenvalue weighted by atomic mass is 10.0. The zero-order valence-corrected chi connectivity index (χ0v) is 17.0. The van der Waals surface area contributed by atoms with Crippen LogP contribution < -0.4 is 10.0 Å². The summed E-state index contributed by atoms with van der Waals surface area (Å²) in [6, 6.07) is 18.3. The number of nitrogens with one attached hydrogen (secondary N) is 2. The third kappa shape index (κ3) is 5.55. The molecule has 0 bridgehead atoms. The zero-order chi connectivity index (χ0) is 20.0. The highest BCUT2D eigenvalue weighted by atomic mass is 35.5. The maximum Gasteiger partial charge on any atom is 0.240 e. The first-order valence-electron chi connectivity index (χ1n) is 8.95. The van der Waals surface area contributed by atoms with Gasteiger partial charge in [-0.05, 0) is 60.9 Å². The molecule has 0 aliphatic heterocycles. The maximum atomic E-state index is 12.3. The van der Waals surface area contributed by atoms with Crippen LogP contribution in [0.3, 0.4) is 0 Å². The first-order valence-corrected chi connectivity index (χ1v) is 10.8. The van der Waals surface area contributed by atoms with Crippen LogP contribution >= 0.6 is 11.6 Å². The third-order valence-corrected chi connectivity index (χ3v) is 6.08. The van der Waals surface area contributed by atoms with Gasteiger partial charge in [-0.25, -0.2) is 13.1 Å². The summed E-state index contributed by atoms with van der Waals surface area (Å²) in [5.74, 6) is 0. The molecule has 0 fully saturated rings. The minimum Gasteiger partial charge on any atom is -0.377 e. The summed E-state index contributed by atoms with van der Waals surface area (Å²) < 4.78 is 27.2. The van der Waals surface area contributed by atoms with Crippen molar-refractivity contribution in [3.8, 4) is 0 Å². The number of aromatic nitrogens is 1. The second kappa shape index (κ2) is 9.19. The van der Waals surface area contributed by atoms with E-state index in [1.807, 2.05) is 24.3 Å². The van der Waals surface area contributed by atoms with E-state index in [4.69, 9.17) is 11.6 Å². The van der Waals surface area contributed by atoms with Gasteiger partial charge in [0.15, 0.2) is 0 Å². The van der Waals surface area contributed by atoms with E-state index >= 15 is 0 Å². The Balaban J connectivity index is 1.53. The maximum absolute atomic E-state index is 12.3. The van der Waals surface area contributed by atoms with Crippen LogP contribution in [0.15, 0.2) is 78.0 Å². The van der Waals surface area contributed by atoms with Crippen molar-refractivity contribution in [3.63, 3.8) is 0 Å². The summed E-state index contributed by atoms with van der Waals surface area (Å²) in [6.45, 7) is 2.41. The summed E-state index contributed by atoms with van der Waals surface area (Å²) >= 11 is 5.80. The number of sulfonamides is 1. The molecule has 1 unspecified atom stereocenters. The van der Waals surface area contributed by atoms with Crippen LogP contribution in [-0.2, 0) is 16.4 Å². The molecule has 2 N–H and O–H groups in total. The van der Waals surface area contributed by atoms with Gasteiger partial charge in [0.2, 0.25) is 10.0 Å². The van der Waals surface area contributed by atoms with Gasteiger partial charge in [0.25, 0.3) is 0 Å². The highest BCUT2D eigenvalue weighted by Crippen LogP contribution is 2.19. The Hall–Kier alpha value is -2.41. The van der Waals surface area contributed by atoms with Crippen LogP contribution in [0.25, 0.3) is 0 Å². The van der Waals surface area contributed by atoms with E-state index in [1.54, 1.807) is 24.5 Å². The highest BCUT2D eigenvalue weighted by Gasteiger charge is 2.13. The molecule has 2 aromatic carbocycles. The van der Waals surface area contributed by atoms with E-state index < -0.39 is 10.0 Å². The topological polar surface area (TPSA) is 71.1 Å². The number of benzene rings is 2. The smallest absolute Gasteiger partial charge is 0.240 e. The van der Waals surface area contributed by atoms with Gasteiger partial charge in [0.1, 0.15) is 0 Å². The quantitative estimate of drug-likeness (QED) is 0.571. The van der Waals surface area contributed by atoms with Gasteiger partial charge >= 0.3 is 0 Å². The predicted octanol–water partition coefficient (Wildman–Crippen LogP) is 4.43. The van der Waals surface area contributed by atoms with Crippen molar-refractivity contribution in [2.24, 2.45) is 0 Å². The Bertz CT molecular complexity index is 992. The van der Waals surface area contributed by atoms with Crippen LogP contribution in [-0.4, -0.2) is 19.9 Å². The van der Waals surface area contributed by atoms with Gasteiger partial charge in [-0.15, -0.1) is 0 Å². The molecule has 0 amide bonds. The molecule has 0 saturated heterocycles. The van der Waals surface area contributed by atoms with Crippen LogP contribution in [0.5, 0.6) is 0 Å². The first kappa shape index (κ1) is 20.3. The molecule has 28 heavy (non-hydrogen) atoms. The number of rotatable bonds is 8. The summed E-state index contributed by atoms with van der Waals surface area (Å²) in [4.78, 5) is 4.31. The molecule has 0 radical (unpaired) electrons. The number of pyridine rings is 1. The summed E-state index contributed by atoms with van der Waals surface area (Å²) in [5.41, 5.74) is 3.18. The van der Waals surface area contributed by atoms with E-state index in [1.165, 1.54) is 12.1 Å². The van der Waals surface area contributed by atoms with Gasteiger partial charge in [-0.1, -0.05) is 35.9 Å². The monoisotopic (exact) mass is 415 g/mol. The van der Waals surface area contributed by atoms with Crippen LogP contribution in [0.2, 0.25) is 5.02 Å². The number of hydrogen-bond donors (Lipinski definition) is 2. The molecule has 0 aliphatic rings. The summed E-state index contributed by atoms with van der Waals surface area (Å²) in [6.07, 6.45) is 4.14. The molecule has 1 atom stereocenters. The van der Waals surface area contributed by atoms with Gasteiger partial charge < -0.3 is 5.32 Å². The molecule has 3 aromatic rings. The average molecular weight is 416 g/mol. The molecule has 7 heteroatoms. The summed E-state index contributed by atoms with van der Waals surface area (Å²) in [7, 11) is -3.53. The van der Waals surface area contributed by atoms with Crippen molar-refractivity contribution in [1.29, 1.82) is 0 Å². The van der Waals surface area contributed by atoms with Crippen molar-refractivity contribution in [1.82, 2.24) is 9.71 Å². The van der Waals surface area contributed by atoms with Crippen LogP contribution in [0, 0.1) is 0 Å². The van der Waals surface area contributed by atoms with Gasteiger partial charge in [-0.2, -0.15) is 0 Å². The minimum atomic E-state index is -3.53. The molecule has 0 saturated carbocycles. The lowest BCUT2D eigenvalue weighted by Crippen LogP contribution is -2.25. The first-order chi connectivity index (χ1) is 13.4. The Kier molecular flexibility index (Phi) is 6.67. The van der Waals surface area contributed by atoms with Crippen molar-refractivity contribution in [2.45, 2.75) is 24.3 Å². The molecule has 146 valence electrons. The lowest BCUT2D eigenvalue weighted by molar-refractivity contribution is 0.581. The third-order valence-electron chi connectivity index (χ3n) is 4.35. The predicted molar refractivity (Wildman–Crippen MR) is 113 cm³/mol. The Morgan fingerprint density at radius 3 is 2.39 bits per heavy atom. The molecule has 0 aliphatic carbocycles. The van der Waals surface area contributed by atoms with Crippen LogP contribution in [0.4, 0.5) is 5.69 Å². The second-order valence-electron chi connectivity index (χ2n) is 6.45. The molecule has 3 rings (SSSR count). The number of nitrogens with zero attached hydrogens (tertiary/aromatic N) is 1. The highest BCUT2D eigenvalue weighted by molar-refractivity contribution is 7.89. The van der Waals surface area contributed by atoms with E-state index in [-0.39, 0.29) is 10.9 Å². The fourth-order valence-electron chi connectivity index (χ4n) is 2.78. The Morgan fingerprint density at radius 1 is 1.04 bits per heavy atom. The zero-order valence-electron chi connectivity index (χ0n) is 15.5. The van der Waals surface area contributed by atoms with Crippen molar-refractivity contribution in [2.75, 3.05) is 11.9 Å². The van der Waals surface area contributed by atoms with Crippen molar-refractivity contribution < 1.29 is 8.42 Å². The second-order valence-corrected chi connectivity index (χ2v) is 8.65. The standard InChI is InChI=1S/C21H22ClN3O2S/c1-16(25-20-3-2-13-23-15-20)18-6-4-17(5-7-18)12-14-24-28(26,27)21-10-8-19(22)9-11-21/h2-11,13,15-16,24-25H,12,14H2,1H3. The molecule has 0 spiro atoms. The van der Waals surface area contributed by atoms with E-state index in [0.29, 0.717) is 18.0 Å². The van der Waals surface area contributed by atoms with Crippen molar-refractivity contribution >= 4 is 27.3 Å². The SMILES string of the molecule is CC(Nc1cccnc1)c1ccc(CCNS(=O)(=O)c2ccc(Cl)cc2)cc1. The largest absolute Gasteiger partial charge is 0.377 e. The van der Waals surface area contributed by atoms with Gasteiger partial charge in [0, 0.05) is 30.0 Å².